The molecule has 0 spiro atoms. The van der Waals surface area contributed by atoms with Crippen molar-refractivity contribution in [2.45, 2.75) is 6.42 Å². The van der Waals surface area contributed by atoms with E-state index in [1.54, 1.807) is 0 Å². The molecule has 0 aliphatic rings. The molecule has 0 aromatic heterocycles. The number of carbonyl (C=O) groups excluding carboxylic acids is 1. The summed E-state index contributed by atoms with van der Waals surface area (Å²) in [5.74, 6) is -1.46. The van der Waals surface area contributed by atoms with Crippen molar-refractivity contribution in [3.05, 3.63) is 39.9 Å². The second kappa shape index (κ2) is 7.80. The molecule has 0 aliphatic heterocycles. The molecule has 1 aromatic rings. The molecule has 1 amide bonds. The number of amides is 1. The Balaban J connectivity index is 0. The summed E-state index contributed by atoms with van der Waals surface area (Å²) >= 11 is 0. The minimum Gasteiger partial charge on any atom is -1.00 e. The second-order valence-electron chi connectivity index (χ2n) is 3.20. The number of carbonyl (C=O) groups is 2. The predicted molar refractivity (Wildman–Crippen MR) is 58.8 cm³/mol. The third-order valence-corrected chi connectivity index (χ3v) is 1.96. The second-order valence-corrected chi connectivity index (χ2v) is 3.20. The summed E-state index contributed by atoms with van der Waals surface area (Å²) in [6, 6.07) is 5.06. The summed E-state index contributed by atoms with van der Waals surface area (Å²) in [7, 11) is 0. The van der Waals surface area contributed by atoms with Crippen LogP contribution in [0.5, 0.6) is 0 Å². The van der Waals surface area contributed by atoms with Gasteiger partial charge in [0.25, 0.3) is 11.6 Å². The van der Waals surface area contributed by atoms with Gasteiger partial charge in [0.2, 0.25) is 0 Å². The van der Waals surface area contributed by atoms with E-state index in [0.29, 0.717) is 0 Å². The van der Waals surface area contributed by atoms with Gasteiger partial charge >= 0.3 is 35.5 Å². The van der Waals surface area contributed by atoms with Crippen LogP contribution in [-0.2, 0) is 4.79 Å². The van der Waals surface area contributed by atoms with E-state index in [9.17, 15) is 19.7 Å². The number of nitrogens with zero attached hydrogens (tertiary/aromatic N) is 1. The maximum atomic E-state index is 11.4. The molecule has 0 atom stereocenters. The van der Waals surface area contributed by atoms with Gasteiger partial charge in [-0.25, -0.2) is 0 Å². The number of nitro groups is 1. The van der Waals surface area contributed by atoms with Gasteiger partial charge in [-0.3, -0.25) is 19.7 Å². The molecule has 2 N–H and O–H groups in total. The molecule has 0 unspecified atom stereocenters. The van der Waals surface area contributed by atoms with Crippen molar-refractivity contribution in [3.8, 4) is 0 Å². The fourth-order valence-corrected chi connectivity index (χ4v) is 1.12. The average Bonchev–Trinajstić information content (AvgIpc) is 2.28. The van der Waals surface area contributed by atoms with Crippen molar-refractivity contribution in [2.24, 2.45) is 0 Å². The molecular formula is C10H11N2NaO5. The van der Waals surface area contributed by atoms with Crippen LogP contribution in [0.2, 0.25) is 0 Å². The van der Waals surface area contributed by atoms with Crippen LogP contribution in [-0.4, -0.2) is 28.5 Å². The zero-order valence-electron chi connectivity index (χ0n) is 10.8. The molecule has 92 valence electrons. The van der Waals surface area contributed by atoms with E-state index >= 15 is 0 Å². The number of carboxylic acids is 1. The molecule has 1 rings (SSSR count). The van der Waals surface area contributed by atoms with Gasteiger partial charge in [-0.2, -0.15) is 0 Å². The number of carboxylic acid groups (broad SMARTS) is 1. The van der Waals surface area contributed by atoms with Gasteiger partial charge in [-0.05, 0) is 12.1 Å². The zero-order valence-corrected chi connectivity index (χ0v) is 11.8. The van der Waals surface area contributed by atoms with Crippen molar-refractivity contribution < 1.29 is 50.6 Å². The van der Waals surface area contributed by atoms with E-state index in [0.717, 1.165) is 0 Å². The number of nitro benzene ring substituents is 1. The Labute approximate surface area is 126 Å². The average molecular weight is 262 g/mol. The summed E-state index contributed by atoms with van der Waals surface area (Å²) in [5.41, 5.74) is 0.146. The van der Waals surface area contributed by atoms with Crippen molar-refractivity contribution in [2.75, 3.05) is 6.54 Å². The number of non-ortho nitro benzene ring substituents is 1. The first-order chi connectivity index (χ1) is 8.00. The van der Waals surface area contributed by atoms with Crippen LogP contribution in [0.1, 0.15) is 18.2 Å². The van der Waals surface area contributed by atoms with Crippen molar-refractivity contribution in [3.63, 3.8) is 0 Å². The number of benzene rings is 1. The number of hydrogen-bond acceptors (Lipinski definition) is 4. The van der Waals surface area contributed by atoms with Gasteiger partial charge in [-0.15, -0.1) is 0 Å². The quantitative estimate of drug-likeness (QED) is 0.359. The summed E-state index contributed by atoms with van der Waals surface area (Å²) in [4.78, 5) is 31.4. The van der Waals surface area contributed by atoms with Gasteiger partial charge in [-0.1, -0.05) is 0 Å². The third kappa shape index (κ3) is 5.26. The maximum Gasteiger partial charge on any atom is 1.00 e. The first-order valence-electron chi connectivity index (χ1n) is 4.75. The van der Waals surface area contributed by atoms with E-state index in [-0.39, 0.29) is 55.2 Å². The molecule has 0 heterocycles. The molecule has 0 radical (unpaired) electrons. The van der Waals surface area contributed by atoms with Crippen LogP contribution in [0.4, 0.5) is 5.69 Å². The van der Waals surface area contributed by atoms with Crippen LogP contribution >= 0.6 is 0 Å². The molecule has 0 aliphatic carbocycles. The molecule has 0 bridgehead atoms. The Kier molecular flexibility index (Phi) is 7.18. The predicted octanol–water partition coefficient (Wildman–Crippen LogP) is -2.08. The van der Waals surface area contributed by atoms with Gasteiger partial charge in [0, 0.05) is 24.2 Å². The zero-order chi connectivity index (χ0) is 12.8. The molecule has 0 fully saturated rings. The molecule has 0 saturated carbocycles. The molecule has 1 aromatic carbocycles. The van der Waals surface area contributed by atoms with Crippen LogP contribution in [0.3, 0.4) is 0 Å². The van der Waals surface area contributed by atoms with Gasteiger partial charge in [0.05, 0.1) is 11.3 Å². The summed E-state index contributed by atoms with van der Waals surface area (Å²) < 4.78 is 0. The third-order valence-electron chi connectivity index (χ3n) is 1.96. The Morgan fingerprint density at radius 2 is 1.89 bits per heavy atom. The molecule has 8 heteroatoms. The summed E-state index contributed by atoms with van der Waals surface area (Å²) in [6.45, 7) is 0.0190. The SMILES string of the molecule is O=C(O)CCNC(=O)c1ccc([N+](=O)[O-])cc1.[H-].[Na+]. The molecule has 7 nitrogen and oxygen atoms in total. The number of nitrogens with one attached hydrogen (secondary N) is 1. The van der Waals surface area contributed by atoms with Gasteiger partial charge in [0.15, 0.2) is 0 Å². The van der Waals surface area contributed by atoms with E-state index in [1.165, 1.54) is 24.3 Å². The van der Waals surface area contributed by atoms with Crippen molar-refractivity contribution in [1.82, 2.24) is 5.32 Å². The van der Waals surface area contributed by atoms with E-state index in [1.807, 2.05) is 0 Å². The monoisotopic (exact) mass is 262 g/mol. The van der Waals surface area contributed by atoms with Crippen LogP contribution in [0.25, 0.3) is 0 Å². The fraction of sp³-hybridized carbons (Fsp3) is 0.200. The van der Waals surface area contributed by atoms with Crippen LogP contribution in [0.15, 0.2) is 24.3 Å². The minimum absolute atomic E-state index is 0. The minimum atomic E-state index is -1.01. The van der Waals surface area contributed by atoms with Gasteiger partial charge in [0.1, 0.15) is 0 Å². The smallest absolute Gasteiger partial charge is 1.00 e. The molecule has 18 heavy (non-hydrogen) atoms. The van der Waals surface area contributed by atoms with Gasteiger partial charge < -0.3 is 11.8 Å². The Bertz CT molecular complexity index is 452. The van der Waals surface area contributed by atoms with E-state index in [4.69, 9.17) is 5.11 Å². The van der Waals surface area contributed by atoms with E-state index in [2.05, 4.69) is 5.32 Å². The molecular weight excluding hydrogens is 251 g/mol. The summed E-state index contributed by atoms with van der Waals surface area (Å²) in [5, 5.41) is 21.1. The number of aliphatic carboxylic acids is 1. The van der Waals surface area contributed by atoms with E-state index < -0.39 is 16.8 Å². The van der Waals surface area contributed by atoms with Crippen LogP contribution in [0, 0.1) is 10.1 Å². The first kappa shape index (κ1) is 16.6. The Morgan fingerprint density at radius 1 is 1.33 bits per heavy atom. The Morgan fingerprint density at radius 3 is 2.33 bits per heavy atom. The number of hydrogen-bond donors (Lipinski definition) is 2. The van der Waals surface area contributed by atoms with Crippen LogP contribution < -0.4 is 34.9 Å². The topological polar surface area (TPSA) is 110 Å². The normalized spacial score (nSPS) is 9.11. The van der Waals surface area contributed by atoms with Crippen molar-refractivity contribution in [1.29, 1.82) is 0 Å². The van der Waals surface area contributed by atoms with Crippen molar-refractivity contribution >= 4 is 17.6 Å². The number of rotatable bonds is 5. The largest absolute Gasteiger partial charge is 1.00 e. The fourth-order valence-electron chi connectivity index (χ4n) is 1.12. The maximum absolute atomic E-state index is 11.4. The summed E-state index contributed by atoms with van der Waals surface area (Å²) in [6.07, 6.45) is -0.168. The Hall–Kier alpha value is -1.44. The molecule has 0 saturated heterocycles. The standard InChI is InChI=1S/C10H10N2O5.Na.H/c13-9(14)5-6-11-10(15)7-1-3-8(4-2-7)12(16)17;;/h1-4H,5-6H2,(H,11,15)(H,13,14);;/q;+1;-1. The first-order valence-corrected chi connectivity index (χ1v) is 4.75.